The van der Waals surface area contributed by atoms with E-state index in [0.29, 0.717) is 11.7 Å². The first-order valence-electron chi connectivity index (χ1n) is 6.28. The molecular formula is C12H20N4O. The monoisotopic (exact) mass is 236 g/mol. The van der Waals surface area contributed by atoms with E-state index in [9.17, 15) is 4.79 Å². The van der Waals surface area contributed by atoms with Crippen molar-refractivity contribution in [3.05, 3.63) is 11.9 Å². The summed E-state index contributed by atoms with van der Waals surface area (Å²) in [5, 5.41) is 7.81. The van der Waals surface area contributed by atoms with Gasteiger partial charge in [0.05, 0.1) is 12.2 Å². The molecule has 0 spiro atoms. The van der Waals surface area contributed by atoms with Crippen LogP contribution in [0.3, 0.4) is 0 Å². The molecule has 0 aliphatic carbocycles. The van der Waals surface area contributed by atoms with E-state index >= 15 is 0 Å². The number of hydrogen-bond donors (Lipinski definition) is 0. The number of hydrogen-bond acceptors (Lipinski definition) is 4. The van der Waals surface area contributed by atoms with Gasteiger partial charge in [-0.05, 0) is 25.3 Å². The van der Waals surface area contributed by atoms with Gasteiger partial charge in [-0.25, -0.2) is 4.68 Å². The summed E-state index contributed by atoms with van der Waals surface area (Å²) < 4.78 is 1.83. The first-order valence-corrected chi connectivity index (χ1v) is 6.28. The molecule has 94 valence electrons. The smallest absolute Gasteiger partial charge is 0.171 e. The lowest BCUT2D eigenvalue weighted by Gasteiger charge is -2.16. The number of aromatic nitrogens is 3. The van der Waals surface area contributed by atoms with Gasteiger partial charge in [0.15, 0.2) is 6.29 Å². The lowest BCUT2D eigenvalue weighted by molar-refractivity contribution is 0.111. The predicted molar refractivity (Wildman–Crippen MR) is 65.0 cm³/mol. The Hall–Kier alpha value is -1.23. The molecule has 0 unspecified atom stereocenters. The van der Waals surface area contributed by atoms with Gasteiger partial charge >= 0.3 is 0 Å². The van der Waals surface area contributed by atoms with Crippen LogP contribution in [0.4, 0.5) is 0 Å². The largest absolute Gasteiger partial charge is 0.301 e. The Labute approximate surface area is 102 Å². The number of carbonyl (C=O) groups excluding carboxylic acids is 1. The molecule has 0 amide bonds. The average molecular weight is 236 g/mol. The van der Waals surface area contributed by atoms with Crippen LogP contribution in [0.1, 0.15) is 43.2 Å². The molecule has 2 heterocycles. The maximum atomic E-state index is 10.6. The maximum absolute atomic E-state index is 10.6. The van der Waals surface area contributed by atoms with Crippen molar-refractivity contribution in [1.82, 2.24) is 19.9 Å². The molecule has 1 saturated heterocycles. The van der Waals surface area contributed by atoms with E-state index in [0.717, 1.165) is 38.3 Å². The van der Waals surface area contributed by atoms with Gasteiger partial charge in [-0.3, -0.25) is 4.79 Å². The first kappa shape index (κ1) is 12.2. The Kier molecular flexibility index (Phi) is 3.89. The third-order valence-electron chi connectivity index (χ3n) is 3.29. The van der Waals surface area contributed by atoms with E-state index < -0.39 is 0 Å². The molecule has 0 aromatic carbocycles. The van der Waals surface area contributed by atoms with Gasteiger partial charge in [0.1, 0.15) is 5.69 Å². The summed E-state index contributed by atoms with van der Waals surface area (Å²) in [4.78, 5) is 13.0. The highest BCUT2D eigenvalue weighted by Crippen LogP contribution is 2.21. The summed E-state index contributed by atoms with van der Waals surface area (Å²) in [7, 11) is 0. The minimum absolute atomic E-state index is 0.378. The molecule has 1 fully saturated rings. The second-order valence-corrected chi connectivity index (χ2v) is 5.17. The van der Waals surface area contributed by atoms with Gasteiger partial charge < -0.3 is 4.90 Å². The van der Waals surface area contributed by atoms with Crippen molar-refractivity contribution >= 4 is 6.29 Å². The number of aldehydes is 1. The third-order valence-corrected chi connectivity index (χ3v) is 3.29. The molecule has 17 heavy (non-hydrogen) atoms. The minimum atomic E-state index is 0.378. The van der Waals surface area contributed by atoms with E-state index in [4.69, 9.17) is 0 Å². The van der Waals surface area contributed by atoms with Crippen LogP contribution >= 0.6 is 0 Å². The summed E-state index contributed by atoms with van der Waals surface area (Å²) in [5.74, 6) is 0.752. The SMILES string of the molecule is CC(C)CCN1CC[C@H](n2cc(C=O)nn2)C1. The lowest BCUT2D eigenvalue weighted by atomic mass is 10.1. The summed E-state index contributed by atoms with van der Waals surface area (Å²) in [6, 6.07) is 0.378. The average Bonchev–Trinajstić information content (AvgIpc) is 2.94. The van der Waals surface area contributed by atoms with Gasteiger partial charge in [-0.15, -0.1) is 5.10 Å². The Balaban J connectivity index is 1.86. The molecule has 0 saturated carbocycles. The number of likely N-dealkylation sites (tertiary alicyclic amines) is 1. The van der Waals surface area contributed by atoms with E-state index in [1.54, 1.807) is 6.20 Å². The molecule has 1 aliphatic heterocycles. The van der Waals surface area contributed by atoms with Crippen LogP contribution < -0.4 is 0 Å². The molecule has 5 heteroatoms. The van der Waals surface area contributed by atoms with Crippen LogP contribution in [-0.2, 0) is 0 Å². The molecule has 2 rings (SSSR count). The van der Waals surface area contributed by atoms with E-state index in [1.807, 2.05) is 4.68 Å². The van der Waals surface area contributed by atoms with Crippen molar-refractivity contribution < 1.29 is 4.79 Å². The zero-order valence-corrected chi connectivity index (χ0v) is 10.5. The van der Waals surface area contributed by atoms with Gasteiger partial charge in [0, 0.05) is 13.1 Å². The fourth-order valence-corrected chi connectivity index (χ4v) is 2.19. The highest BCUT2D eigenvalue weighted by atomic mass is 16.1. The summed E-state index contributed by atoms with van der Waals surface area (Å²) >= 11 is 0. The van der Waals surface area contributed by atoms with Crippen molar-refractivity contribution in [2.75, 3.05) is 19.6 Å². The molecular weight excluding hydrogens is 216 g/mol. The molecule has 1 aliphatic rings. The minimum Gasteiger partial charge on any atom is -0.301 e. The van der Waals surface area contributed by atoms with Crippen LogP contribution in [0.5, 0.6) is 0 Å². The first-order chi connectivity index (χ1) is 8.19. The van der Waals surface area contributed by atoms with Crippen LogP contribution in [0.15, 0.2) is 6.20 Å². The third kappa shape index (κ3) is 3.12. The highest BCUT2D eigenvalue weighted by molar-refractivity contribution is 5.70. The zero-order chi connectivity index (χ0) is 12.3. The fourth-order valence-electron chi connectivity index (χ4n) is 2.19. The molecule has 0 radical (unpaired) electrons. The molecule has 0 bridgehead atoms. The molecule has 1 aromatic heterocycles. The quantitative estimate of drug-likeness (QED) is 0.725. The van der Waals surface area contributed by atoms with Gasteiger partial charge in [0.2, 0.25) is 0 Å². The van der Waals surface area contributed by atoms with E-state index in [1.165, 1.54) is 6.42 Å². The normalized spacial score (nSPS) is 21.2. The van der Waals surface area contributed by atoms with E-state index in [2.05, 4.69) is 29.1 Å². The van der Waals surface area contributed by atoms with Crippen molar-refractivity contribution in [2.24, 2.45) is 5.92 Å². The molecule has 0 N–H and O–H groups in total. The van der Waals surface area contributed by atoms with Gasteiger partial charge in [0.25, 0.3) is 0 Å². The topological polar surface area (TPSA) is 51.0 Å². The van der Waals surface area contributed by atoms with Gasteiger partial charge in [-0.1, -0.05) is 19.1 Å². The zero-order valence-electron chi connectivity index (χ0n) is 10.5. The van der Waals surface area contributed by atoms with Crippen molar-refractivity contribution in [2.45, 2.75) is 32.7 Å². The lowest BCUT2D eigenvalue weighted by Crippen LogP contribution is -2.24. The Bertz CT molecular complexity index is 374. The Morgan fingerprint density at radius 1 is 1.59 bits per heavy atom. The van der Waals surface area contributed by atoms with Gasteiger partial charge in [-0.2, -0.15) is 0 Å². The second-order valence-electron chi connectivity index (χ2n) is 5.17. The molecule has 1 atom stereocenters. The van der Waals surface area contributed by atoms with Crippen molar-refractivity contribution in [1.29, 1.82) is 0 Å². The van der Waals surface area contributed by atoms with Crippen molar-refractivity contribution in [3.63, 3.8) is 0 Å². The predicted octanol–water partition coefficient (Wildman–Crippen LogP) is 1.38. The number of carbonyl (C=O) groups is 1. The summed E-state index contributed by atoms with van der Waals surface area (Å²) in [6.45, 7) is 7.80. The summed E-state index contributed by atoms with van der Waals surface area (Å²) in [6.07, 6.45) is 4.82. The second kappa shape index (κ2) is 5.40. The fraction of sp³-hybridized carbons (Fsp3) is 0.750. The number of rotatable bonds is 5. The number of nitrogens with zero attached hydrogens (tertiary/aromatic N) is 4. The highest BCUT2D eigenvalue weighted by Gasteiger charge is 2.24. The standard InChI is InChI=1S/C12H20N4O/c1-10(2)3-5-15-6-4-12(8-15)16-7-11(9-17)13-14-16/h7,9-10,12H,3-6,8H2,1-2H3/t12-/m0/s1. The van der Waals surface area contributed by atoms with Crippen LogP contribution in [-0.4, -0.2) is 45.8 Å². The van der Waals surface area contributed by atoms with Crippen molar-refractivity contribution in [3.8, 4) is 0 Å². The molecule has 1 aromatic rings. The Morgan fingerprint density at radius 2 is 2.41 bits per heavy atom. The van der Waals surface area contributed by atoms with Crippen LogP contribution in [0.25, 0.3) is 0 Å². The van der Waals surface area contributed by atoms with Crippen LogP contribution in [0.2, 0.25) is 0 Å². The maximum Gasteiger partial charge on any atom is 0.171 e. The van der Waals surface area contributed by atoms with Crippen LogP contribution in [0, 0.1) is 5.92 Å². The molecule has 5 nitrogen and oxygen atoms in total. The Morgan fingerprint density at radius 3 is 3.06 bits per heavy atom. The summed E-state index contributed by atoms with van der Waals surface area (Å²) in [5.41, 5.74) is 0.422. The van der Waals surface area contributed by atoms with E-state index in [-0.39, 0.29) is 0 Å².